The summed E-state index contributed by atoms with van der Waals surface area (Å²) in [5, 5.41) is 5.73. The zero-order valence-corrected chi connectivity index (χ0v) is 14.1. The van der Waals surface area contributed by atoms with Crippen molar-refractivity contribution in [1.29, 1.82) is 0 Å². The summed E-state index contributed by atoms with van der Waals surface area (Å²) in [5.41, 5.74) is 1.50. The third kappa shape index (κ3) is 5.03. The molecule has 0 radical (unpaired) electrons. The summed E-state index contributed by atoms with van der Waals surface area (Å²) >= 11 is 0. The molecule has 0 saturated carbocycles. The molecular formula is C16H20ClN3O3. The second-order valence-electron chi connectivity index (χ2n) is 4.60. The molecule has 0 spiro atoms. The lowest BCUT2D eigenvalue weighted by atomic mass is 10.1. The second-order valence-corrected chi connectivity index (χ2v) is 4.60. The van der Waals surface area contributed by atoms with Crippen molar-refractivity contribution in [3.05, 3.63) is 42.1 Å². The molecule has 6 nitrogen and oxygen atoms in total. The summed E-state index contributed by atoms with van der Waals surface area (Å²) in [7, 11) is 4.93. The average molecular weight is 338 g/mol. The van der Waals surface area contributed by atoms with Gasteiger partial charge >= 0.3 is 0 Å². The molecule has 124 valence electrons. The van der Waals surface area contributed by atoms with Gasteiger partial charge in [-0.25, -0.2) is 4.98 Å². The first-order valence-electron chi connectivity index (χ1n) is 6.81. The minimum absolute atomic E-state index is 0. The number of hydrogen-bond donors (Lipinski definition) is 2. The maximum Gasteiger partial charge on any atom is 0.228 e. The number of halogens is 1. The van der Waals surface area contributed by atoms with E-state index in [2.05, 4.69) is 15.6 Å². The van der Waals surface area contributed by atoms with Crippen LogP contribution in [0.5, 0.6) is 11.5 Å². The van der Waals surface area contributed by atoms with Gasteiger partial charge in [-0.1, -0.05) is 6.07 Å². The lowest BCUT2D eigenvalue weighted by Gasteiger charge is -2.10. The number of anilines is 2. The van der Waals surface area contributed by atoms with Gasteiger partial charge in [0.15, 0.2) is 11.5 Å². The number of pyridine rings is 1. The molecule has 0 aliphatic carbocycles. The fourth-order valence-corrected chi connectivity index (χ4v) is 2.00. The molecule has 7 heteroatoms. The van der Waals surface area contributed by atoms with Crippen LogP contribution in [0.3, 0.4) is 0 Å². The van der Waals surface area contributed by atoms with Crippen LogP contribution < -0.4 is 20.1 Å². The zero-order valence-electron chi connectivity index (χ0n) is 13.3. The molecule has 0 atom stereocenters. The van der Waals surface area contributed by atoms with E-state index >= 15 is 0 Å². The Bertz CT molecular complexity index is 648. The molecule has 0 aliphatic rings. The molecule has 23 heavy (non-hydrogen) atoms. The van der Waals surface area contributed by atoms with Gasteiger partial charge < -0.3 is 20.1 Å². The van der Waals surface area contributed by atoms with E-state index in [4.69, 9.17) is 9.47 Å². The van der Waals surface area contributed by atoms with Crippen molar-refractivity contribution in [1.82, 2.24) is 4.98 Å². The predicted molar refractivity (Wildman–Crippen MR) is 92.9 cm³/mol. The SMILES string of the molecule is CNc1ccc(NC(=O)Cc2ccc(OC)c(OC)c2)cn1.Cl. The number of nitrogens with zero attached hydrogens (tertiary/aromatic N) is 1. The molecule has 1 heterocycles. The van der Waals surface area contributed by atoms with Gasteiger partial charge in [0.25, 0.3) is 0 Å². The van der Waals surface area contributed by atoms with Gasteiger partial charge in [-0.3, -0.25) is 4.79 Å². The van der Waals surface area contributed by atoms with Crippen molar-refractivity contribution >= 4 is 29.8 Å². The Morgan fingerprint density at radius 2 is 1.87 bits per heavy atom. The smallest absolute Gasteiger partial charge is 0.228 e. The van der Waals surface area contributed by atoms with Crippen LogP contribution >= 0.6 is 12.4 Å². The number of benzene rings is 1. The number of carbonyl (C=O) groups excluding carboxylic acids is 1. The number of rotatable bonds is 6. The van der Waals surface area contributed by atoms with Crippen molar-refractivity contribution < 1.29 is 14.3 Å². The summed E-state index contributed by atoms with van der Waals surface area (Å²) in [6.07, 6.45) is 1.85. The highest BCUT2D eigenvalue weighted by Gasteiger charge is 2.09. The van der Waals surface area contributed by atoms with Gasteiger partial charge in [-0.05, 0) is 29.8 Å². The van der Waals surface area contributed by atoms with Gasteiger partial charge in [0.05, 0.1) is 32.5 Å². The predicted octanol–water partition coefficient (Wildman–Crippen LogP) is 2.74. The Labute approximate surface area is 141 Å². The number of amides is 1. The molecule has 0 fully saturated rings. The van der Waals surface area contributed by atoms with E-state index in [-0.39, 0.29) is 24.7 Å². The average Bonchev–Trinajstić information content (AvgIpc) is 2.55. The first-order chi connectivity index (χ1) is 10.7. The number of aromatic nitrogens is 1. The van der Waals surface area contributed by atoms with Gasteiger partial charge in [0.1, 0.15) is 5.82 Å². The van der Waals surface area contributed by atoms with E-state index in [1.807, 2.05) is 6.07 Å². The summed E-state index contributed by atoms with van der Waals surface area (Å²) in [6.45, 7) is 0. The molecule has 2 aromatic rings. The van der Waals surface area contributed by atoms with E-state index in [1.54, 1.807) is 51.7 Å². The lowest BCUT2D eigenvalue weighted by molar-refractivity contribution is -0.115. The minimum atomic E-state index is -0.119. The third-order valence-electron chi connectivity index (χ3n) is 3.12. The van der Waals surface area contributed by atoms with Crippen LogP contribution in [-0.4, -0.2) is 32.2 Å². The van der Waals surface area contributed by atoms with Gasteiger partial charge in [0, 0.05) is 7.05 Å². The quantitative estimate of drug-likeness (QED) is 0.848. The molecule has 1 aromatic heterocycles. The van der Waals surface area contributed by atoms with Crippen molar-refractivity contribution in [3.63, 3.8) is 0 Å². The summed E-state index contributed by atoms with van der Waals surface area (Å²) in [6, 6.07) is 9.01. The Morgan fingerprint density at radius 1 is 1.13 bits per heavy atom. The third-order valence-corrected chi connectivity index (χ3v) is 3.12. The van der Waals surface area contributed by atoms with E-state index in [9.17, 15) is 4.79 Å². The highest BCUT2D eigenvalue weighted by Crippen LogP contribution is 2.27. The summed E-state index contributed by atoms with van der Waals surface area (Å²) < 4.78 is 10.4. The number of carbonyl (C=O) groups is 1. The minimum Gasteiger partial charge on any atom is -0.493 e. The topological polar surface area (TPSA) is 72.5 Å². The van der Waals surface area contributed by atoms with Crippen LogP contribution in [0.1, 0.15) is 5.56 Å². The van der Waals surface area contributed by atoms with Gasteiger partial charge in [-0.2, -0.15) is 0 Å². The Hall–Kier alpha value is -2.47. The monoisotopic (exact) mass is 337 g/mol. The molecule has 1 aromatic carbocycles. The van der Waals surface area contributed by atoms with E-state index < -0.39 is 0 Å². The lowest BCUT2D eigenvalue weighted by Crippen LogP contribution is -2.14. The number of nitrogens with one attached hydrogen (secondary N) is 2. The molecule has 0 saturated heterocycles. The second kappa shape index (κ2) is 8.85. The van der Waals surface area contributed by atoms with Crippen LogP contribution in [0.15, 0.2) is 36.5 Å². The molecule has 0 bridgehead atoms. The first-order valence-corrected chi connectivity index (χ1v) is 6.81. The van der Waals surface area contributed by atoms with Crippen LogP contribution in [0.25, 0.3) is 0 Å². The number of hydrogen-bond acceptors (Lipinski definition) is 5. The standard InChI is InChI=1S/C16H19N3O3.ClH/c1-17-15-7-5-12(10-18-15)19-16(20)9-11-4-6-13(21-2)14(8-11)22-3;/h4-8,10H,9H2,1-3H3,(H,17,18)(H,19,20);1H. The molecular weight excluding hydrogens is 318 g/mol. The maximum atomic E-state index is 12.1. The summed E-state index contributed by atoms with van der Waals surface area (Å²) in [4.78, 5) is 16.2. The van der Waals surface area contributed by atoms with Crippen molar-refractivity contribution in [2.45, 2.75) is 6.42 Å². The van der Waals surface area contributed by atoms with E-state index in [0.29, 0.717) is 17.2 Å². The zero-order chi connectivity index (χ0) is 15.9. The van der Waals surface area contributed by atoms with Crippen LogP contribution in [0.4, 0.5) is 11.5 Å². The van der Waals surface area contributed by atoms with Crippen LogP contribution in [0, 0.1) is 0 Å². The van der Waals surface area contributed by atoms with Crippen LogP contribution in [-0.2, 0) is 11.2 Å². The Morgan fingerprint density at radius 3 is 2.43 bits per heavy atom. The highest BCUT2D eigenvalue weighted by molar-refractivity contribution is 5.92. The normalized spacial score (nSPS) is 9.52. The van der Waals surface area contributed by atoms with E-state index in [1.165, 1.54) is 0 Å². The van der Waals surface area contributed by atoms with E-state index in [0.717, 1.165) is 11.4 Å². The Balaban J connectivity index is 0.00000264. The van der Waals surface area contributed by atoms with Gasteiger partial charge in [-0.15, -0.1) is 12.4 Å². The Kier molecular flexibility index (Phi) is 7.15. The fraction of sp³-hybridized carbons (Fsp3) is 0.250. The molecule has 1 amide bonds. The first kappa shape index (κ1) is 18.6. The number of methoxy groups -OCH3 is 2. The highest BCUT2D eigenvalue weighted by atomic mass is 35.5. The summed E-state index contributed by atoms with van der Waals surface area (Å²) in [5.74, 6) is 1.87. The van der Waals surface area contributed by atoms with Crippen molar-refractivity contribution in [2.75, 3.05) is 31.9 Å². The molecule has 2 rings (SSSR count). The number of ether oxygens (including phenoxy) is 2. The van der Waals surface area contributed by atoms with Gasteiger partial charge in [0.2, 0.25) is 5.91 Å². The maximum absolute atomic E-state index is 12.1. The largest absolute Gasteiger partial charge is 0.493 e. The fourth-order valence-electron chi connectivity index (χ4n) is 2.00. The molecule has 2 N–H and O–H groups in total. The molecule has 0 unspecified atom stereocenters. The van der Waals surface area contributed by atoms with Crippen LogP contribution in [0.2, 0.25) is 0 Å². The van der Waals surface area contributed by atoms with Crippen molar-refractivity contribution in [3.8, 4) is 11.5 Å². The molecule has 0 aliphatic heterocycles. The van der Waals surface area contributed by atoms with Crippen molar-refractivity contribution in [2.24, 2.45) is 0 Å².